The second-order valence-electron chi connectivity index (χ2n) is 4.24. The quantitative estimate of drug-likeness (QED) is 0.581. The van der Waals surface area contributed by atoms with E-state index in [-0.39, 0.29) is 9.86 Å². The van der Waals surface area contributed by atoms with Gasteiger partial charge in [-0.1, -0.05) is 23.2 Å². The number of carbonyl (C=O) groups is 1. The van der Waals surface area contributed by atoms with Gasteiger partial charge < -0.3 is 4.74 Å². The number of rotatable bonds is 3. The van der Waals surface area contributed by atoms with Gasteiger partial charge in [0.1, 0.15) is 5.75 Å². The van der Waals surface area contributed by atoms with Gasteiger partial charge in [-0.3, -0.25) is 4.79 Å². The van der Waals surface area contributed by atoms with Crippen molar-refractivity contribution in [1.82, 2.24) is 0 Å². The number of ketones is 1. The summed E-state index contributed by atoms with van der Waals surface area (Å²) in [6, 6.07) is 1.60. The van der Waals surface area contributed by atoms with E-state index >= 15 is 0 Å². The third kappa shape index (κ3) is 2.48. The molecule has 0 saturated heterocycles. The Bertz CT molecular complexity index is 528. The molecule has 1 aliphatic rings. The molecule has 0 amide bonds. The fourth-order valence-corrected chi connectivity index (χ4v) is 5.10. The second kappa shape index (κ2) is 5.76. The number of halogens is 2. The minimum atomic E-state index is -0.209. The summed E-state index contributed by atoms with van der Waals surface area (Å²) >= 11 is 16.1. The van der Waals surface area contributed by atoms with Crippen LogP contribution in [0.2, 0.25) is 10.0 Å². The van der Waals surface area contributed by atoms with Crippen LogP contribution in [0.1, 0.15) is 29.3 Å². The highest BCUT2D eigenvalue weighted by molar-refractivity contribution is 8.16. The summed E-state index contributed by atoms with van der Waals surface area (Å²) in [6.45, 7) is 2.09. The summed E-state index contributed by atoms with van der Waals surface area (Å²) in [6.07, 6.45) is 4.91. The Morgan fingerprint density at radius 3 is 2.53 bits per heavy atom. The molecule has 19 heavy (non-hydrogen) atoms. The van der Waals surface area contributed by atoms with Crippen molar-refractivity contribution in [2.24, 2.45) is 0 Å². The lowest BCUT2D eigenvalue weighted by molar-refractivity contribution is 0.101. The van der Waals surface area contributed by atoms with Gasteiger partial charge in [-0.15, -0.1) is 23.5 Å². The third-order valence-electron chi connectivity index (χ3n) is 3.27. The highest BCUT2D eigenvalue weighted by atomic mass is 35.5. The molecule has 0 unspecified atom stereocenters. The van der Waals surface area contributed by atoms with Crippen LogP contribution in [0.15, 0.2) is 6.07 Å². The Morgan fingerprint density at radius 2 is 2.00 bits per heavy atom. The van der Waals surface area contributed by atoms with Crippen LogP contribution in [-0.2, 0) is 4.08 Å². The van der Waals surface area contributed by atoms with Crippen molar-refractivity contribution < 1.29 is 9.53 Å². The summed E-state index contributed by atoms with van der Waals surface area (Å²) in [5.74, 6) is 0.531. The molecule has 1 aliphatic heterocycles. The third-order valence-corrected chi connectivity index (χ3v) is 7.08. The van der Waals surface area contributed by atoms with Gasteiger partial charge in [-0.05, 0) is 25.5 Å². The maximum absolute atomic E-state index is 11.7. The zero-order valence-electron chi connectivity index (χ0n) is 10.9. The Hall–Kier alpha value is -0.0300. The molecule has 2 nitrogen and oxygen atoms in total. The number of carbonyl (C=O) groups excluding carboxylic acids is 1. The monoisotopic (exact) mass is 336 g/mol. The summed E-state index contributed by atoms with van der Waals surface area (Å²) in [5, 5.41) is 0.923. The van der Waals surface area contributed by atoms with Crippen molar-refractivity contribution >= 4 is 52.5 Å². The topological polar surface area (TPSA) is 26.3 Å². The molecule has 0 aromatic heterocycles. The zero-order chi connectivity index (χ0) is 14.2. The molecule has 0 spiro atoms. The molecule has 0 aliphatic carbocycles. The molecule has 0 fully saturated rings. The first-order valence-corrected chi connectivity index (χ1v) is 8.94. The number of Topliss-reactive ketones (excluding diaryl/α,β-unsaturated/α-hetero) is 1. The van der Waals surface area contributed by atoms with Crippen molar-refractivity contribution in [1.29, 1.82) is 0 Å². The van der Waals surface area contributed by atoms with Gasteiger partial charge >= 0.3 is 0 Å². The zero-order valence-corrected chi connectivity index (χ0v) is 14.0. The molecule has 1 aromatic carbocycles. The van der Waals surface area contributed by atoms with Crippen molar-refractivity contribution in [3.05, 3.63) is 27.2 Å². The standard InChI is InChI=1S/C13H14Cl2O2S2/c1-7(16)8-6-9(14)12-10(11(8)15)13(18-2,19-3)4-5-17-12/h6H,4-5H2,1-3H3. The lowest BCUT2D eigenvalue weighted by Crippen LogP contribution is -2.27. The predicted molar refractivity (Wildman–Crippen MR) is 85.3 cm³/mol. The highest BCUT2D eigenvalue weighted by Crippen LogP contribution is 2.57. The maximum Gasteiger partial charge on any atom is 0.161 e. The van der Waals surface area contributed by atoms with Gasteiger partial charge in [0.2, 0.25) is 0 Å². The van der Waals surface area contributed by atoms with E-state index < -0.39 is 0 Å². The first-order valence-electron chi connectivity index (χ1n) is 5.73. The molecule has 0 radical (unpaired) electrons. The fourth-order valence-electron chi connectivity index (χ4n) is 2.25. The normalized spacial score (nSPS) is 16.7. The summed E-state index contributed by atoms with van der Waals surface area (Å²) in [7, 11) is 0. The van der Waals surface area contributed by atoms with E-state index in [4.69, 9.17) is 27.9 Å². The van der Waals surface area contributed by atoms with Crippen LogP contribution in [0.25, 0.3) is 0 Å². The van der Waals surface area contributed by atoms with Gasteiger partial charge in [0.05, 0.1) is 20.7 Å². The van der Waals surface area contributed by atoms with Crippen molar-refractivity contribution in [3.63, 3.8) is 0 Å². The van der Waals surface area contributed by atoms with E-state index in [1.807, 2.05) is 12.5 Å². The lowest BCUT2D eigenvalue weighted by atomic mass is 10.00. The average molecular weight is 337 g/mol. The van der Waals surface area contributed by atoms with Crippen LogP contribution in [0.3, 0.4) is 0 Å². The van der Waals surface area contributed by atoms with Crippen LogP contribution < -0.4 is 4.74 Å². The Balaban J connectivity index is 2.77. The molecule has 0 saturated carbocycles. The fraction of sp³-hybridized carbons (Fsp3) is 0.462. The van der Waals surface area contributed by atoms with Gasteiger partial charge in [0, 0.05) is 17.5 Å². The van der Waals surface area contributed by atoms with Crippen molar-refractivity contribution in [2.75, 3.05) is 19.1 Å². The molecule has 1 heterocycles. The Labute approximate surface area is 131 Å². The molecule has 0 N–H and O–H groups in total. The number of ether oxygens (including phenoxy) is 1. The number of thioether (sulfide) groups is 2. The van der Waals surface area contributed by atoms with E-state index in [2.05, 4.69) is 0 Å². The first kappa shape index (κ1) is 15.4. The van der Waals surface area contributed by atoms with Crippen LogP contribution in [0.4, 0.5) is 0 Å². The second-order valence-corrected chi connectivity index (χ2v) is 7.49. The van der Waals surface area contributed by atoms with Crippen LogP contribution in [0.5, 0.6) is 5.75 Å². The van der Waals surface area contributed by atoms with Crippen molar-refractivity contribution in [3.8, 4) is 5.75 Å². The number of benzene rings is 1. The number of hydrogen-bond acceptors (Lipinski definition) is 4. The molecule has 104 valence electrons. The SMILES string of the molecule is CSC1(SC)CCOc2c(Cl)cc(C(C)=O)c(Cl)c21. The van der Waals surface area contributed by atoms with Gasteiger partial charge in [-0.2, -0.15) is 0 Å². The van der Waals surface area contributed by atoms with Gasteiger partial charge in [-0.25, -0.2) is 0 Å². The molecular formula is C13H14Cl2O2S2. The van der Waals surface area contributed by atoms with Gasteiger partial charge in [0.15, 0.2) is 5.78 Å². The smallest absolute Gasteiger partial charge is 0.161 e. The summed E-state index contributed by atoms with van der Waals surface area (Å²) in [5.41, 5.74) is 1.31. The lowest BCUT2D eigenvalue weighted by Gasteiger charge is -2.37. The van der Waals surface area contributed by atoms with E-state index in [9.17, 15) is 4.79 Å². The minimum Gasteiger partial charge on any atom is -0.491 e. The minimum absolute atomic E-state index is 0.0867. The molecule has 0 atom stereocenters. The first-order chi connectivity index (χ1) is 8.96. The maximum atomic E-state index is 11.7. The van der Waals surface area contributed by atoms with Crippen LogP contribution in [0, 0.1) is 0 Å². The average Bonchev–Trinajstić information content (AvgIpc) is 2.41. The molecular weight excluding hydrogens is 323 g/mol. The van der Waals surface area contributed by atoms with E-state index in [0.717, 1.165) is 12.0 Å². The van der Waals surface area contributed by atoms with Crippen LogP contribution >= 0.6 is 46.7 Å². The highest BCUT2D eigenvalue weighted by Gasteiger charge is 2.40. The molecule has 0 bridgehead atoms. The summed E-state index contributed by atoms with van der Waals surface area (Å²) in [4.78, 5) is 11.7. The number of hydrogen-bond donors (Lipinski definition) is 0. The summed E-state index contributed by atoms with van der Waals surface area (Å²) < 4.78 is 5.47. The molecule has 1 aromatic rings. The van der Waals surface area contributed by atoms with E-state index in [1.165, 1.54) is 6.92 Å². The van der Waals surface area contributed by atoms with E-state index in [0.29, 0.717) is 28.0 Å². The van der Waals surface area contributed by atoms with E-state index in [1.54, 1.807) is 29.6 Å². The number of fused-ring (bicyclic) bond motifs is 1. The molecule has 2 rings (SSSR count). The predicted octanol–water partition coefficient (Wildman–Crippen LogP) is 4.86. The Morgan fingerprint density at radius 1 is 1.37 bits per heavy atom. The van der Waals surface area contributed by atoms with Gasteiger partial charge in [0.25, 0.3) is 0 Å². The van der Waals surface area contributed by atoms with Crippen LogP contribution in [-0.4, -0.2) is 24.9 Å². The van der Waals surface area contributed by atoms with Crippen molar-refractivity contribution in [2.45, 2.75) is 17.4 Å². The molecule has 6 heteroatoms. The Kier molecular flexibility index (Phi) is 4.66. The largest absolute Gasteiger partial charge is 0.491 e.